The molecule has 0 radical (unpaired) electrons. The van der Waals surface area contributed by atoms with Gasteiger partial charge in [0.25, 0.3) is 0 Å². The molecule has 2 bridgehead atoms. The van der Waals surface area contributed by atoms with Crippen LogP contribution in [0.25, 0.3) is 0 Å². The van der Waals surface area contributed by atoms with Crippen LogP contribution >= 0.6 is 0 Å². The molecular formula is C16H26O5. The molecule has 2 aliphatic heterocycles. The van der Waals surface area contributed by atoms with Crippen LogP contribution in [0.1, 0.15) is 45.4 Å². The Morgan fingerprint density at radius 1 is 1.33 bits per heavy atom. The third-order valence-corrected chi connectivity index (χ3v) is 3.93. The van der Waals surface area contributed by atoms with Gasteiger partial charge in [0.1, 0.15) is 6.79 Å². The number of hydrogen-bond acceptors (Lipinski definition) is 5. The van der Waals surface area contributed by atoms with Gasteiger partial charge in [0.2, 0.25) is 0 Å². The Labute approximate surface area is 126 Å². The predicted octanol–water partition coefficient (Wildman–Crippen LogP) is 2.59. The number of carbonyl (C=O) groups is 1. The fraction of sp³-hybridized carbons (Fsp3) is 0.812. The highest BCUT2D eigenvalue weighted by Crippen LogP contribution is 2.26. The van der Waals surface area contributed by atoms with Crippen molar-refractivity contribution in [1.82, 2.24) is 0 Å². The Bertz CT molecular complexity index is 355. The van der Waals surface area contributed by atoms with Crippen molar-refractivity contribution >= 4 is 5.97 Å². The van der Waals surface area contributed by atoms with E-state index in [1.807, 2.05) is 6.92 Å². The summed E-state index contributed by atoms with van der Waals surface area (Å²) < 4.78 is 22.0. The first kappa shape index (κ1) is 16.5. The lowest BCUT2D eigenvalue weighted by atomic mass is 9.97. The summed E-state index contributed by atoms with van der Waals surface area (Å²) in [6.45, 7) is 2.16. The van der Waals surface area contributed by atoms with Crippen LogP contribution in [0.2, 0.25) is 0 Å². The minimum atomic E-state index is -0.261. The standard InChI is InChI=1S/C16H26O5/c1-12-6-4-3-5-7-13-8-9-14(19-11-18-2)15(21-13)10-16(17)20-12/h5,7,12-15H,3-4,6,8-11H2,1-2H3/b7-5+/t12-,13-,14-,15-/m1/s1. The maximum atomic E-state index is 12.0. The summed E-state index contributed by atoms with van der Waals surface area (Å²) in [5.41, 5.74) is 0. The van der Waals surface area contributed by atoms with Crippen molar-refractivity contribution in [3.63, 3.8) is 0 Å². The van der Waals surface area contributed by atoms with Crippen molar-refractivity contribution in [3.05, 3.63) is 12.2 Å². The molecule has 1 saturated heterocycles. The van der Waals surface area contributed by atoms with E-state index >= 15 is 0 Å². The molecule has 5 heteroatoms. The SMILES string of the molecule is COCO[C@@H]1CC[C@H]2/C=C/CCC[C@@H](C)OC(=O)C[C@H]1O2. The van der Waals surface area contributed by atoms with E-state index in [4.69, 9.17) is 18.9 Å². The Kier molecular flexibility index (Phi) is 6.67. The normalized spacial score (nSPS) is 36.2. The fourth-order valence-corrected chi connectivity index (χ4v) is 2.83. The Balaban J connectivity index is 2.02. The molecule has 0 amide bonds. The van der Waals surface area contributed by atoms with Gasteiger partial charge in [-0.25, -0.2) is 0 Å². The van der Waals surface area contributed by atoms with Crippen molar-refractivity contribution in [2.45, 2.75) is 69.9 Å². The van der Waals surface area contributed by atoms with Gasteiger partial charge in [0.15, 0.2) is 0 Å². The van der Waals surface area contributed by atoms with Crippen molar-refractivity contribution in [3.8, 4) is 0 Å². The molecule has 0 aromatic heterocycles. The highest BCUT2D eigenvalue weighted by atomic mass is 16.7. The quantitative estimate of drug-likeness (QED) is 0.455. The van der Waals surface area contributed by atoms with Crippen LogP contribution in [0, 0.1) is 0 Å². The van der Waals surface area contributed by atoms with Gasteiger partial charge in [-0.2, -0.15) is 0 Å². The molecule has 0 N–H and O–H groups in total. The smallest absolute Gasteiger partial charge is 0.308 e. The van der Waals surface area contributed by atoms with Crippen LogP contribution in [-0.2, 0) is 23.7 Å². The fourth-order valence-electron chi connectivity index (χ4n) is 2.83. The first-order valence-electron chi connectivity index (χ1n) is 7.81. The molecule has 2 aliphatic rings. The third kappa shape index (κ3) is 5.41. The molecule has 0 unspecified atom stereocenters. The van der Waals surface area contributed by atoms with Crippen LogP contribution in [0.3, 0.4) is 0 Å². The highest BCUT2D eigenvalue weighted by molar-refractivity contribution is 5.70. The molecule has 4 atom stereocenters. The van der Waals surface area contributed by atoms with Crippen LogP contribution in [0.15, 0.2) is 12.2 Å². The lowest BCUT2D eigenvalue weighted by Gasteiger charge is -2.35. The minimum absolute atomic E-state index is 0.0388. The summed E-state index contributed by atoms with van der Waals surface area (Å²) >= 11 is 0. The average molecular weight is 298 g/mol. The molecule has 2 rings (SSSR count). The van der Waals surface area contributed by atoms with E-state index in [0.717, 1.165) is 32.1 Å². The average Bonchev–Trinajstić information content (AvgIpc) is 2.44. The van der Waals surface area contributed by atoms with Gasteiger partial charge in [0.05, 0.1) is 30.8 Å². The molecule has 0 saturated carbocycles. The zero-order chi connectivity index (χ0) is 15.1. The maximum absolute atomic E-state index is 12.0. The van der Waals surface area contributed by atoms with Crippen LogP contribution in [0.5, 0.6) is 0 Å². The van der Waals surface area contributed by atoms with Crippen LogP contribution in [0.4, 0.5) is 0 Å². The molecule has 120 valence electrons. The second kappa shape index (κ2) is 8.51. The Morgan fingerprint density at radius 3 is 3.00 bits per heavy atom. The summed E-state index contributed by atoms with van der Waals surface area (Å²) in [6.07, 6.45) is 8.90. The molecule has 21 heavy (non-hydrogen) atoms. The monoisotopic (exact) mass is 298 g/mol. The summed E-state index contributed by atoms with van der Waals surface area (Å²) in [5.74, 6) is -0.205. The maximum Gasteiger partial charge on any atom is 0.308 e. The zero-order valence-corrected chi connectivity index (χ0v) is 13.0. The molecule has 0 spiro atoms. The van der Waals surface area contributed by atoms with Crippen molar-refractivity contribution in [2.75, 3.05) is 13.9 Å². The number of methoxy groups -OCH3 is 1. The summed E-state index contributed by atoms with van der Waals surface area (Å²) in [7, 11) is 1.59. The van der Waals surface area contributed by atoms with Gasteiger partial charge in [-0.05, 0) is 39.0 Å². The Morgan fingerprint density at radius 2 is 2.19 bits per heavy atom. The number of esters is 1. The third-order valence-electron chi connectivity index (χ3n) is 3.93. The van der Waals surface area contributed by atoms with Gasteiger partial charge >= 0.3 is 5.97 Å². The predicted molar refractivity (Wildman–Crippen MR) is 77.8 cm³/mol. The van der Waals surface area contributed by atoms with Crippen LogP contribution < -0.4 is 0 Å². The number of fused-ring (bicyclic) bond motifs is 2. The van der Waals surface area contributed by atoms with Crippen LogP contribution in [-0.4, -0.2) is 44.3 Å². The summed E-state index contributed by atoms with van der Waals surface area (Å²) in [5, 5.41) is 0. The number of cyclic esters (lactones) is 1. The summed E-state index contributed by atoms with van der Waals surface area (Å²) in [6, 6.07) is 0. The second-order valence-corrected chi connectivity index (χ2v) is 5.77. The van der Waals surface area contributed by atoms with Crippen molar-refractivity contribution in [2.24, 2.45) is 0 Å². The van der Waals surface area contributed by atoms with Gasteiger partial charge < -0.3 is 18.9 Å². The van der Waals surface area contributed by atoms with Crippen molar-refractivity contribution < 1.29 is 23.7 Å². The first-order chi connectivity index (χ1) is 10.2. The molecule has 0 aromatic carbocycles. The number of ether oxygens (including phenoxy) is 4. The minimum Gasteiger partial charge on any atom is -0.463 e. The van der Waals surface area contributed by atoms with E-state index in [9.17, 15) is 4.79 Å². The van der Waals surface area contributed by atoms with E-state index in [-0.39, 0.29) is 43.6 Å². The van der Waals surface area contributed by atoms with E-state index < -0.39 is 0 Å². The lowest BCUT2D eigenvalue weighted by Crippen LogP contribution is -2.42. The molecule has 0 aliphatic carbocycles. The second-order valence-electron chi connectivity index (χ2n) is 5.77. The van der Waals surface area contributed by atoms with Gasteiger partial charge in [0, 0.05) is 7.11 Å². The van der Waals surface area contributed by atoms with Gasteiger partial charge in [-0.15, -0.1) is 0 Å². The van der Waals surface area contributed by atoms with E-state index in [2.05, 4.69) is 12.2 Å². The number of hydrogen-bond donors (Lipinski definition) is 0. The first-order valence-corrected chi connectivity index (χ1v) is 7.81. The van der Waals surface area contributed by atoms with E-state index in [0.29, 0.717) is 0 Å². The highest BCUT2D eigenvalue weighted by Gasteiger charge is 2.33. The molecule has 1 fully saturated rings. The van der Waals surface area contributed by atoms with E-state index in [1.54, 1.807) is 7.11 Å². The lowest BCUT2D eigenvalue weighted by molar-refractivity contribution is -0.178. The summed E-state index contributed by atoms with van der Waals surface area (Å²) in [4.78, 5) is 12.0. The van der Waals surface area contributed by atoms with Gasteiger partial charge in [-0.1, -0.05) is 12.2 Å². The zero-order valence-electron chi connectivity index (χ0n) is 13.0. The number of allylic oxidation sites excluding steroid dienone is 1. The topological polar surface area (TPSA) is 54.0 Å². The molecular weight excluding hydrogens is 272 g/mol. The van der Waals surface area contributed by atoms with E-state index in [1.165, 1.54) is 0 Å². The number of carbonyl (C=O) groups excluding carboxylic acids is 1. The largest absolute Gasteiger partial charge is 0.463 e. The molecule has 0 aromatic rings. The van der Waals surface area contributed by atoms with Crippen molar-refractivity contribution in [1.29, 1.82) is 0 Å². The molecule has 5 nitrogen and oxygen atoms in total. The number of rotatable bonds is 3. The van der Waals surface area contributed by atoms with Gasteiger partial charge in [-0.3, -0.25) is 4.79 Å². The Hall–Kier alpha value is -0.910. The molecule has 2 heterocycles.